The number of ether oxygens (including phenoxy) is 1. The second kappa shape index (κ2) is 9.08. The van der Waals surface area contributed by atoms with Crippen LogP contribution in [0.3, 0.4) is 0 Å². The number of fused-ring (bicyclic) bond motifs is 1. The van der Waals surface area contributed by atoms with E-state index in [4.69, 9.17) is 22.1 Å². The predicted molar refractivity (Wildman–Crippen MR) is 122 cm³/mol. The molecule has 8 heteroatoms. The first-order valence-electron chi connectivity index (χ1n) is 10.7. The smallest absolute Gasteiger partial charge is 0.239 e. The van der Waals surface area contributed by atoms with Gasteiger partial charge in [0.15, 0.2) is 0 Å². The van der Waals surface area contributed by atoms with Gasteiger partial charge in [-0.25, -0.2) is 8.42 Å². The van der Waals surface area contributed by atoms with E-state index in [0.29, 0.717) is 61.0 Å². The third-order valence-electron chi connectivity index (χ3n) is 6.55. The molecular weight excluding hydrogens is 436 g/mol. The largest absolute Gasteiger partial charge is 0.507 e. The van der Waals surface area contributed by atoms with Gasteiger partial charge in [-0.2, -0.15) is 4.31 Å². The zero-order valence-electron chi connectivity index (χ0n) is 17.6. The van der Waals surface area contributed by atoms with Crippen LogP contribution in [0.1, 0.15) is 42.1 Å². The van der Waals surface area contributed by atoms with Gasteiger partial charge in [0, 0.05) is 43.1 Å². The van der Waals surface area contributed by atoms with Crippen LogP contribution in [0.4, 0.5) is 0 Å². The molecule has 1 saturated heterocycles. The zero-order valence-corrected chi connectivity index (χ0v) is 19.2. The van der Waals surface area contributed by atoms with Gasteiger partial charge in [-0.1, -0.05) is 29.8 Å². The highest BCUT2D eigenvalue weighted by molar-refractivity contribution is 7.93. The van der Waals surface area contributed by atoms with E-state index in [0.717, 1.165) is 16.7 Å². The molecule has 2 heterocycles. The number of aromatic hydroxyl groups is 1. The Morgan fingerprint density at radius 2 is 2.00 bits per heavy atom. The average molecular weight is 465 g/mol. The molecular formula is C23H29ClN2O4S. The summed E-state index contributed by atoms with van der Waals surface area (Å²) in [6.45, 7) is 3.13. The van der Waals surface area contributed by atoms with Crippen molar-refractivity contribution in [2.45, 2.75) is 44.8 Å². The fourth-order valence-electron chi connectivity index (χ4n) is 4.71. The number of benzene rings is 1. The van der Waals surface area contributed by atoms with Gasteiger partial charge in [0.25, 0.3) is 0 Å². The van der Waals surface area contributed by atoms with Crippen LogP contribution in [-0.4, -0.2) is 43.6 Å². The molecule has 0 saturated carbocycles. The van der Waals surface area contributed by atoms with E-state index in [9.17, 15) is 13.5 Å². The van der Waals surface area contributed by atoms with Gasteiger partial charge >= 0.3 is 0 Å². The van der Waals surface area contributed by atoms with E-state index in [1.54, 1.807) is 28.6 Å². The minimum Gasteiger partial charge on any atom is -0.507 e. The number of halogens is 1. The lowest BCUT2D eigenvalue weighted by molar-refractivity contribution is -0.0611. The lowest BCUT2D eigenvalue weighted by Crippen LogP contribution is -2.44. The van der Waals surface area contributed by atoms with Gasteiger partial charge in [0.05, 0.1) is 17.1 Å². The van der Waals surface area contributed by atoms with E-state index in [-0.39, 0.29) is 18.1 Å². The third-order valence-corrected chi connectivity index (χ3v) is 8.81. The molecule has 2 unspecified atom stereocenters. The van der Waals surface area contributed by atoms with Gasteiger partial charge in [-0.3, -0.25) is 0 Å². The topological polar surface area (TPSA) is 92.9 Å². The Hall–Kier alpha value is -1.64. The molecule has 0 spiro atoms. The Kier molecular flexibility index (Phi) is 6.60. The Bertz CT molecular complexity index is 1040. The van der Waals surface area contributed by atoms with Crippen molar-refractivity contribution in [3.63, 3.8) is 0 Å². The molecule has 0 amide bonds. The number of phenols is 1. The Balaban J connectivity index is 1.47. The molecule has 3 aliphatic rings. The van der Waals surface area contributed by atoms with Crippen molar-refractivity contribution in [3.05, 3.63) is 63.1 Å². The number of nitrogens with zero attached hydrogens (tertiary/aromatic N) is 1. The molecule has 4 rings (SSSR count). The molecule has 168 valence electrons. The van der Waals surface area contributed by atoms with E-state index in [1.165, 1.54) is 0 Å². The Labute approximate surface area is 189 Å². The number of piperidine rings is 1. The van der Waals surface area contributed by atoms with Crippen molar-refractivity contribution in [2.24, 2.45) is 11.7 Å². The highest BCUT2D eigenvalue weighted by Crippen LogP contribution is 2.40. The first kappa shape index (κ1) is 22.6. The monoisotopic (exact) mass is 464 g/mol. The summed E-state index contributed by atoms with van der Waals surface area (Å²) in [5.74, 6) is 0.537. The highest BCUT2D eigenvalue weighted by Gasteiger charge is 2.38. The highest BCUT2D eigenvalue weighted by atomic mass is 35.5. The Morgan fingerprint density at radius 1 is 1.26 bits per heavy atom. The molecule has 1 fully saturated rings. The first-order chi connectivity index (χ1) is 14.8. The van der Waals surface area contributed by atoms with Crippen molar-refractivity contribution < 1.29 is 18.3 Å². The molecule has 31 heavy (non-hydrogen) atoms. The van der Waals surface area contributed by atoms with Gasteiger partial charge < -0.3 is 15.6 Å². The van der Waals surface area contributed by atoms with Crippen LogP contribution in [0, 0.1) is 12.8 Å². The van der Waals surface area contributed by atoms with Crippen LogP contribution >= 0.6 is 11.6 Å². The summed E-state index contributed by atoms with van der Waals surface area (Å²) in [5.41, 5.74) is 8.68. The van der Waals surface area contributed by atoms with Crippen LogP contribution < -0.4 is 5.73 Å². The summed E-state index contributed by atoms with van der Waals surface area (Å²) in [6, 6.07) is 3.88. The van der Waals surface area contributed by atoms with Gasteiger partial charge in [-0.05, 0) is 55.0 Å². The normalized spacial score (nSPS) is 25.5. The molecule has 1 aromatic rings. The van der Waals surface area contributed by atoms with E-state index in [1.807, 2.05) is 19.1 Å². The number of aryl methyl sites for hydroxylation is 1. The predicted octanol–water partition coefficient (Wildman–Crippen LogP) is 3.65. The fourth-order valence-corrected chi connectivity index (χ4v) is 6.43. The molecule has 1 aromatic carbocycles. The molecule has 6 nitrogen and oxygen atoms in total. The van der Waals surface area contributed by atoms with E-state index in [2.05, 4.69) is 0 Å². The number of rotatable bonds is 4. The quantitative estimate of drug-likeness (QED) is 0.709. The molecule has 3 N–H and O–H groups in total. The second-order valence-electron chi connectivity index (χ2n) is 8.43. The maximum absolute atomic E-state index is 13.1. The minimum absolute atomic E-state index is 0.0830. The summed E-state index contributed by atoms with van der Waals surface area (Å²) in [5, 5.41) is 11.1. The molecule has 0 radical (unpaired) electrons. The third kappa shape index (κ3) is 4.47. The van der Waals surface area contributed by atoms with Crippen molar-refractivity contribution in [1.82, 2.24) is 4.31 Å². The summed E-state index contributed by atoms with van der Waals surface area (Å²) in [6.07, 6.45) is 8.77. The van der Waals surface area contributed by atoms with Crippen LogP contribution in [0.15, 0.2) is 46.4 Å². The summed E-state index contributed by atoms with van der Waals surface area (Å²) >= 11 is 5.99. The molecule has 1 aliphatic carbocycles. The van der Waals surface area contributed by atoms with E-state index >= 15 is 0 Å². The summed E-state index contributed by atoms with van der Waals surface area (Å²) in [4.78, 5) is 0.365. The van der Waals surface area contributed by atoms with Crippen LogP contribution in [0.25, 0.3) is 0 Å². The van der Waals surface area contributed by atoms with E-state index < -0.39 is 10.0 Å². The Morgan fingerprint density at radius 3 is 2.71 bits per heavy atom. The maximum Gasteiger partial charge on any atom is 0.239 e. The molecule has 0 bridgehead atoms. The SMILES string of the molecule is Cc1ccc2c(c1O)CC(C1CCN(S(=O)(=O)C3=CC=C(Cl)C=CC3)CC1)OC2CN. The number of hydrogen-bond acceptors (Lipinski definition) is 5. The zero-order chi connectivity index (χ0) is 22.2. The number of hydrogen-bond donors (Lipinski definition) is 2. The molecule has 2 atom stereocenters. The van der Waals surface area contributed by atoms with Crippen molar-refractivity contribution in [1.29, 1.82) is 0 Å². The van der Waals surface area contributed by atoms with Crippen LogP contribution in [-0.2, 0) is 21.2 Å². The summed E-state index contributed by atoms with van der Waals surface area (Å²) in [7, 11) is -3.52. The average Bonchev–Trinajstić information content (AvgIpc) is 3.00. The fraction of sp³-hybridized carbons (Fsp3) is 0.478. The van der Waals surface area contributed by atoms with Crippen LogP contribution in [0.5, 0.6) is 5.75 Å². The number of allylic oxidation sites excluding steroid dienone is 6. The van der Waals surface area contributed by atoms with Gasteiger partial charge in [-0.15, -0.1) is 0 Å². The molecule has 0 aromatic heterocycles. The lowest BCUT2D eigenvalue weighted by atomic mass is 9.83. The molecule has 2 aliphatic heterocycles. The number of nitrogens with two attached hydrogens (primary N) is 1. The summed E-state index contributed by atoms with van der Waals surface area (Å²) < 4.78 is 34.1. The van der Waals surface area contributed by atoms with Gasteiger partial charge in [0.2, 0.25) is 10.0 Å². The minimum atomic E-state index is -3.52. The van der Waals surface area contributed by atoms with Crippen molar-refractivity contribution >= 4 is 21.6 Å². The number of sulfonamides is 1. The number of phenolic OH excluding ortho intramolecular Hbond substituents is 1. The standard InChI is InChI=1S/C23H29ClN2O4S/c1-15-5-8-19-20(23(15)27)13-21(30-22(19)14-25)16-9-11-26(12-10-16)31(28,29)18-4-2-3-17(24)6-7-18/h2-3,5-8,16,21-22,27H,4,9-14,25H2,1H3. The maximum atomic E-state index is 13.1. The lowest BCUT2D eigenvalue weighted by Gasteiger charge is -2.40. The first-order valence-corrected chi connectivity index (χ1v) is 12.5. The van der Waals surface area contributed by atoms with Crippen molar-refractivity contribution in [2.75, 3.05) is 19.6 Å². The van der Waals surface area contributed by atoms with Crippen molar-refractivity contribution in [3.8, 4) is 5.75 Å². The van der Waals surface area contributed by atoms with Crippen LogP contribution in [0.2, 0.25) is 0 Å². The van der Waals surface area contributed by atoms with Gasteiger partial charge in [0.1, 0.15) is 5.75 Å². The second-order valence-corrected chi connectivity index (χ2v) is 10.9.